The summed E-state index contributed by atoms with van der Waals surface area (Å²) in [6.45, 7) is 7.91. The second-order valence-corrected chi connectivity index (χ2v) is 12.4. The Bertz CT molecular complexity index is 1860. The van der Waals surface area contributed by atoms with Crippen molar-refractivity contribution in [2.45, 2.75) is 38.0 Å². The van der Waals surface area contributed by atoms with Gasteiger partial charge in [0.15, 0.2) is 0 Å². The van der Waals surface area contributed by atoms with Gasteiger partial charge in [-0.1, -0.05) is 63.2 Å². The van der Waals surface area contributed by atoms with E-state index >= 15 is 0 Å². The molecule has 0 saturated carbocycles. The number of ether oxygens (including phenoxy) is 1. The lowest BCUT2D eigenvalue weighted by atomic mass is 9.87. The van der Waals surface area contributed by atoms with E-state index in [9.17, 15) is 18.0 Å². The molecule has 0 fully saturated rings. The Morgan fingerprint density at radius 1 is 0.905 bits per heavy atom. The number of hydrogen-bond donors (Lipinski definition) is 0. The average molecular weight is 583 g/mol. The molecule has 5 rings (SSSR count). The Morgan fingerprint density at radius 3 is 2.19 bits per heavy atom. The van der Waals surface area contributed by atoms with Gasteiger partial charge in [-0.15, -0.1) is 0 Å². The zero-order chi connectivity index (χ0) is 30.1. The zero-order valence-corrected chi connectivity index (χ0v) is 24.5. The lowest BCUT2D eigenvalue weighted by Crippen LogP contribution is -2.37. The summed E-state index contributed by atoms with van der Waals surface area (Å²) >= 11 is 0. The van der Waals surface area contributed by atoms with Crippen LogP contribution in [0, 0.1) is 0 Å². The van der Waals surface area contributed by atoms with Crippen molar-refractivity contribution in [2.75, 3.05) is 10.9 Å². The smallest absolute Gasteiger partial charge is 0.342 e. The molecule has 0 unspecified atom stereocenters. The van der Waals surface area contributed by atoms with Crippen molar-refractivity contribution < 1.29 is 27.2 Å². The van der Waals surface area contributed by atoms with Crippen LogP contribution >= 0.6 is 0 Å². The number of benzene rings is 3. The Hall–Kier alpha value is -4.76. The fourth-order valence-electron chi connectivity index (χ4n) is 4.62. The molecule has 42 heavy (non-hydrogen) atoms. The Kier molecular flexibility index (Phi) is 7.71. The van der Waals surface area contributed by atoms with Gasteiger partial charge in [-0.2, -0.15) is 4.31 Å². The molecule has 0 aliphatic heterocycles. The van der Waals surface area contributed by atoms with Crippen LogP contribution in [-0.4, -0.2) is 31.9 Å². The number of rotatable bonds is 7. The summed E-state index contributed by atoms with van der Waals surface area (Å²) in [5.41, 5.74) is 2.04. The van der Waals surface area contributed by atoms with Gasteiger partial charge in [0, 0.05) is 28.9 Å². The van der Waals surface area contributed by atoms with Crippen LogP contribution in [0.3, 0.4) is 0 Å². The molecule has 0 aliphatic carbocycles. The molecular formula is C33H30N2O6S. The van der Waals surface area contributed by atoms with E-state index in [0.29, 0.717) is 16.5 Å². The van der Waals surface area contributed by atoms with Gasteiger partial charge in [0.1, 0.15) is 16.9 Å². The molecular weight excluding hydrogens is 552 g/mol. The number of pyridine rings is 1. The number of aromatic nitrogens is 1. The highest BCUT2D eigenvalue weighted by Gasteiger charge is 2.33. The zero-order valence-electron chi connectivity index (χ0n) is 23.7. The summed E-state index contributed by atoms with van der Waals surface area (Å²) in [4.78, 5) is 31.0. The Morgan fingerprint density at radius 2 is 1.57 bits per heavy atom. The van der Waals surface area contributed by atoms with Crippen molar-refractivity contribution in [3.05, 3.63) is 114 Å². The minimum atomic E-state index is -4.40. The molecule has 8 nitrogen and oxygen atoms in total. The Labute approximate surface area is 244 Å². The van der Waals surface area contributed by atoms with Crippen LogP contribution in [0.1, 0.15) is 54.0 Å². The molecule has 0 atom stereocenters. The number of anilines is 1. The normalized spacial score (nSPS) is 11.8. The minimum Gasteiger partial charge on any atom is -0.462 e. The number of nitrogens with zero attached hydrogens (tertiary/aromatic N) is 2. The second-order valence-electron chi connectivity index (χ2n) is 10.7. The van der Waals surface area contributed by atoms with E-state index in [2.05, 4.69) is 4.98 Å². The molecule has 214 valence electrons. The van der Waals surface area contributed by atoms with Crippen molar-refractivity contribution in [3.8, 4) is 11.3 Å². The molecule has 0 bridgehead atoms. The topological polar surface area (TPSA) is 107 Å². The maximum absolute atomic E-state index is 14.2. The molecule has 0 radical (unpaired) electrons. The fraction of sp³-hybridized carbons (Fsp3) is 0.182. The largest absolute Gasteiger partial charge is 0.462 e. The first-order valence-electron chi connectivity index (χ1n) is 13.4. The minimum absolute atomic E-state index is 0.0372. The summed E-state index contributed by atoms with van der Waals surface area (Å²) in [5, 5.41) is 0.315. The van der Waals surface area contributed by atoms with E-state index in [1.807, 2.05) is 39.0 Å². The molecule has 9 heteroatoms. The maximum Gasteiger partial charge on any atom is 0.342 e. The standard InChI is InChI=1S/C33H30N2O6S/c1-5-40-32(37)29-27-21-25(13-16-28(27)41-30(29)22-9-7-6-8-10-22)35(31(36)23-17-19-34-20-18-23)42(38,39)26-14-11-24(12-15-26)33(2,3)4/h6-21H,5H2,1-4H3. The predicted octanol–water partition coefficient (Wildman–Crippen LogP) is 7.00. The van der Waals surface area contributed by atoms with Gasteiger partial charge in [0.2, 0.25) is 0 Å². The summed E-state index contributed by atoms with van der Waals surface area (Å²) < 4.78 is 40.5. The van der Waals surface area contributed by atoms with E-state index in [-0.39, 0.29) is 39.5 Å². The molecule has 2 heterocycles. The van der Waals surface area contributed by atoms with Crippen LogP contribution in [-0.2, 0) is 20.2 Å². The van der Waals surface area contributed by atoms with Crippen LogP contribution in [0.25, 0.3) is 22.3 Å². The summed E-state index contributed by atoms with van der Waals surface area (Å²) in [5.74, 6) is -1.12. The number of carbonyl (C=O) groups is 2. The highest BCUT2D eigenvalue weighted by Crippen LogP contribution is 2.38. The van der Waals surface area contributed by atoms with Gasteiger partial charge in [-0.25, -0.2) is 13.2 Å². The SMILES string of the molecule is CCOC(=O)c1c(-c2ccccc2)oc2ccc(N(C(=O)c3ccncc3)S(=O)(=O)c3ccc(C(C)(C)C)cc3)cc12. The first kappa shape index (κ1) is 28.8. The molecule has 0 spiro atoms. The Balaban J connectivity index is 1.72. The van der Waals surface area contributed by atoms with Crippen LogP contribution < -0.4 is 4.31 Å². The maximum atomic E-state index is 14.2. The monoisotopic (exact) mass is 582 g/mol. The lowest BCUT2D eigenvalue weighted by molar-refractivity contribution is 0.0528. The van der Waals surface area contributed by atoms with Gasteiger partial charge in [0.05, 0.1) is 17.2 Å². The summed E-state index contributed by atoms with van der Waals surface area (Å²) in [6, 6.07) is 22.9. The molecule has 5 aromatic rings. The first-order chi connectivity index (χ1) is 20.0. The molecule has 1 amide bonds. The highest BCUT2D eigenvalue weighted by atomic mass is 32.2. The molecule has 0 N–H and O–H groups in total. The number of sulfonamides is 1. The summed E-state index contributed by atoms with van der Waals surface area (Å²) in [7, 11) is -4.40. The third kappa shape index (κ3) is 5.43. The number of fused-ring (bicyclic) bond motifs is 1. The number of hydrogen-bond acceptors (Lipinski definition) is 7. The van der Waals surface area contributed by atoms with Gasteiger partial charge in [0.25, 0.3) is 15.9 Å². The first-order valence-corrected chi connectivity index (χ1v) is 14.9. The molecule has 0 saturated heterocycles. The van der Waals surface area contributed by atoms with E-state index in [1.165, 1.54) is 48.8 Å². The van der Waals surface area contributed by atoms with E-state index in [1.54, 1.807) is 37.3 Å². The molecule has 0 aliphatic rings. The number of esters is 1. The second kappa shape index (κ2) is 11.3. The highest BCUT2D eigenvalue weighted by molar-refractivity contribution is 7.93. The van der Waals surface area contributed by atoms with E-state index < -0.39 is 21.9 Å². The van der Waals surface area contributed by atoms with Gasteiger partial charge in [-0.05, 0) is 60.4 Å². The average Bonchev–Trinajstić information content (AvgIpc) is 3.37. The van der Waals surface area contributed by atoms with E-state index in [4.69, 9.17) is 9.15 Å². The lowest BCUT2D eigenvalue weighted by Gasteiger charge is -2.24. The van der Waals surface area contributed by atoms with Crippen molar-refractivity contribution in [1.29, 1.82) is 0 Å². The van der Waals surface area contributed by atoms with E-state index in [0.717, 1.165) is 9.87 Å². The van der Waals surface area contributed by atoms with Crippen molar-refractivity contribution in [3.63, 3.8) is 0 Å². The van der Waals surface area contributed by atoms with Crippen LogP contribution in [0.2, 0.25) is 0 Å². The van der Waals surface area contributed by atoms with Crippen molar-refractivity contribution in [2.24, 2.45) is 0 Å². The van der Waals surface area contributed by atoms with Crippen LogP contribution in [0.4, 0.5) is 5.69 Å². The summed E-state index contributed by atoms with van der Waals surface area (Å²) in [6.07, 6.45) is 2.83. The van der Waals surface area contributed by atoms with Gasteiger partial charge in [-0.3, -0.25) is 9.78 Å². The third-order valence-corrected chi connectivity index (χ3v) is 8.52. The van der Waals surface area contributed by atoms with Crippen LogP contribution in [0.5, 0.6) is 0 Å². The van der Waals surface area contributed by atoms with Crippen LogP contribution in [0.15, 0.2) is 107 Å². The fourth-order valence-corrected chi connectivity index (χ4v) is 6.03. The number of furan rings is 1. The molecule has 2 aromatic heterocycles. The number of amides is 1. The third-order valence-electron chi connectivity index (χ3n) is 6.79. The van der Waals surface area contributed by atoms with Gasteiger partial charge >= 0.3 is 5.97 Å². The van der Waals surface area contributed by atoms with Crippen molar-refractivity contribution >= 4 is 38.6 Å². The number of carbonyl (C=O) groups excluding carboxylic acids is 2. The molecule has 3 aromatic carbocycles. The van der Waals surface area contributed by atoms with Gasteiger partial charge < -0.3 is 9.15 Å². The quantitative estimate of drug-likeness (QED) is 0.190. The van der Waals surface area contributed by atoms with Crippen molar-refractivity contribution in [1.82, 2.24) is 4.98 Å². The predicted molar refractivity (Wildman–Crippen MR) is 161 cm³/mol.